The standard InChI is InChI=1S/C21H30S/c1-19(11-6-4-7-12-19)20(2)14-10-18-16(15-20)17-9-5-8-13-21(17,3)22-18/h5-6,9,11,15,17-18H,4,7-8,10,12-14H2,1-3H3. The fourth-order valence-electron chi connectivity index (χ4n) is 5.37. The normalized spacial score (nSPS) is 50.4. The van der Waals surface area contributed by atoms with Gasteiger partial charge < -0.3 is 0 Å². The van der Waals surface area contributed by atoms with E-state index >= 15 is 0 Å². The number of thioether (sulfide) groups is 1. The Labute approximate surface area is 140 Å². The van der Waals surface area contributed by atoms with Gasteiger partial charge in [0.25, 0.3) is 0 Å². The highest BCUT2D eigenvalue weighted by atomic mass is 32.2. The molecule has 0 saturated carbocycles. The summed E-state index contributed by atoms with van der Waals surface area (Å²) in [5, 5.41) is 0.794. The van der Waals surface area contributed by atoms with Crippen molar-refractivity contribution in [3.05, 3.63) is 36.0 Å². The summed E-state index contributed by atoms with van der Waals surface area (Å²) in [5.41, 5.74) is 2.50. The molecule has 0 aromatic rings. The Morgan fingerprint density at radius 3 is 2.64 bits per heavy atom. The number of fused-ring (bicyclic) bond motifs is 3. The molecule has 1 heteroatoms. The first kappa shape index (κ1) is 15.1. The molecule has 0 aromatic heterocycles. The summed E-state index contributed by atoms with van der Waals surface area (Å²) in [4.78, 5) is 0. The Balaban J connectivity index is 1.73. The average molecular weight is 315 g/mol. The average Bonchev–Trinajstić information content (AvgIpc) is 2.79. The third kappa shape index (κ3) is 2.11. The maximum atomic E-state index is 2.75. The van der Waals surface area contributed by atoms with E-state index in [0.717, 1.165) is 5.25 Å². The Bertz CT molecular complexity index is 556. The van der Waals surface area contributed by atoms with Gasteiger partial charge in [-0.25, -0.2) is 0 Å². The molecule has 0 spiro atoms. The van der Waals surface area contributed by atoms with Crippen LogP contribution in [-0.2, 0) is 0 Å². The van der Waals surface area contributed by atoms with E-state index in [-0.39, 0.29) is 0 Å². The minimum Gasteiger partial charge on any atom is -0.147 e. The van der Waals surface area contributed by atoms with E-state index in [1.807, 2.05) is 0 Å². The third-order valence-corrected chi connectivity index (χ3v) is 8.99. The lowest BCUT2D eigenvalue weighted by molar-refractivity contribution is 0.134. The molecule has 4 aliphatic rings. The van der Waals surface area contributed by atoms with Crippen LogP contribution in [0.1, 0.15) is 65.7 Å². The maximum absolute atomic E-state index is 2.75. The number of hydrogen-bond acceptors (Lipinski definition) is 1. The van der Waals surface area contributed by atoms with Crippen LogP contribution in [-0.4, -0.2) is 10.00 Å². The fourth-order valence-corrected chi connectivity index (χ4v) is 7.20. The van der Waals surface area contributed by atoms with E-state index in [9.17, 15) is 0 Å². The molecule has 0 amide bonds. The molecule has 0 radical (unpaired) electrons. The molecule has 0 nitrogen and oxygen atoms in total. The van der Waals surface area contributed by atoms with Crippen LogP contribution in [0.3, 0.4) is 0 Å². The van der Waals surface area contributed by atoms with Crippen LogP contribution in [0.5, 0.6) is 0 Å². The molecule has 5 unspecified atom stereocenters. The van der Waals surface area contributed by atoms with Crippen LogP contribution >= 0.6 is 11.8 Å². The van der Waals surface area contributed by atoms with Gasteiger partial charge in [-0.05, 0) is 62.7 Å². The second-order valence-corrected chi connectivity index (χ2v) is 10.4. The Morgan fingerprint density at radius 1 is 1.00 bits per heavy atom. The van der Waals surface area contributed by atoms with E-state index in [1.54, 1.807) is 5.57 Å². The molecule has 0 N–H and O–H groups in total. The van der Waals surface area contributed by atoms with Crippen LogP contribution in [0.2, 0.25) is 0 Å². The smallest absolute Gasteiger partial charge is 0.0269 e. The van der Waals surface area contributed by atoms with Crippen molar-refractivity contribution in [3.8, 4) is 0 Å². The van der Waals surface area contributed by atoms with Gasteiger partial charge in [0, 0.05) is 15.9 Å². The summed E-state index contributed by atoms with van der Waals surface area (Å²) in [6.07, 6.45) is 22.1. The van der Waals surface area contributed by atoms with Gasteiger partial charge in [-0.15, -0.1) is 11.8 Å². The molecule has 22 heavy (non-hydrogen) atoms. The number of rotatable bonds is 1. The summed E-state index contributed by atoms with van der Waals surface area (Å²) < 4.78 is 0.472. The topological polar surface area (TPSA) is 0 Å². The first-order chi connectivity index (χ1) is 10.5. The van der Waals surface area contributed by atoms with Crippen molar-refractivity contribution < 1.29 is 0 Å². The lowest BCUT2D eigenvalue weighted by atomic mass is 9.56. The molecule has 5 atom stereocenters. The minimum atomic E-state index is 0.354. The highest BCUT2D eigenvalue weighted by molar-refractivity contribution is 8.01. The van der Waals surface area contributed by atoms with Gasteiger partial charge >= 0.3 is 0 Å². The Morgan fingerprint density at radius 2 is 1.86 bits per heavy atom. The van der Waals surface area contributed by atoms with Crippen molar-refractivity contribution in [1.29, 1.82) is 0 Å². The highest BCUT2D eigenvalue weighted by Crippen LogP contribution is 2.62. The predicted octanol–water partition coefficient (Wildman–Crippen LogP) is 6.30. The van der Waals surface area contributed by atoms with Crippen LogP contribution in [0.25, 0.3) is 0 Å². The van der Waals surface area contributed by atoms with Gasteiger partial charge in [0.2, 0.25) is 0 Å². The van der Waals surface area contributed by atoms with Gasteiger partial charge in [-0.1, -0.05) is 49.8 Å². The molecule has 0 aromatic carbocycles. The summed E-state index contributed by atoms with van der Waals surface area (Å²) >= 11 is 2.29. The van der Waals surface area contributed by atoms with Crippen molar-refractivity contribution in [2.24, 2.45) is 16.7 Å². The van der Waals surface area contributed by atoms with E-state index in [1.165, 1.54) is 44.9 Å². The zero-order chi connectivity index (χ0) is 15.4. The van der Waals surface area contributed by atoms with Crippen LogP contribution in [0.15, 0.2) is 36.0 Å². The van der Waals surface area contributed by atoms with Crippen molar-refractivity contribution in [1.82, 2.24) is 0 Å². The lowest BCUT2D eigenvalue weighted by Crippen LogP contribution is -2.39. The van der Waals surface area contributed by atoms with Gasteiger partial charge in [0.1, 0.15) is 0 Å². The van der Waals surface area contributed by atoms with Gasteiger partial charge in [-0.2, -0.15) is 0 Å². The number of allylic oxidation sites excluding steroid dienone is 5. The zero-order valence-electron chi connectivity index (χ0n) is 14.4. The molecule has 120 valence electrons. The van der Waals surface area contributed by atoms with Gasteiger partial charge in [0.05, 0.1) is 0 Å². The second kappa shape index (κ2) is 5.03. The quantitative estimate of drug-likeness (QED) is 0.512. The van der Waals surface area contributed by atoms with E-state index < -0.39 is 0 Å². The molecular formula is C21H30S. The van der Waals surface area contributed by atoms with Crippen LogP contribution in [0.4, 0.5) is 0 Å². The predicted molar refractivity (Wildman–Crippen MR) is 98.2 cm³/mol. The van der Waals surface area contributed by atoms with Crippen molar-refractivity contribution in [3.63, 3.8) is 0 Å². The summed E-state index contributed by atoms with van der Waals surface area (Å²) in [5.74, 6) is 0.701. The van der Waals surface area contributed by atoms with Crippen LogP contribution < -0.4 is 0 Å². The van der Waals surface area contributed by atoms with E-state index in [2.05, 4.69) is 62.9 Å². The van der Waals surface area contributed by atoms with Gasteiger partial charge in [0.15, 0.2) is 0 Å². The molecule has 0 bridgehead atoms. The zero-order valence-corrected chi connectivity index (χ0v) is 15.2. The van der Waals surface area contributed by atoms with Gasteiger partial charge in [-0.3, -0.25) is 0 Å². The summed E-state index contributed by atoms with van der Waals surface area (Å²) in [6.45, 7) is 7.57. The monoisotopic (exact) mass is 314 g/mol. The first-order valence-electron chi connectivity index (χ1n) is 9.21. The third-order valence-electron chi connectivity index (χ3n) is 7.20. The van der Waals surface area contributed by atoms with E-state index in [0.29, 0.717) is 21.5 Å². The highest BCUT2D eigenvalue weighted by Gasteiger charge is 2.52. The van der Waals surface area contributed by atoms with Crippen LogP contribution in [0, 0.1) is 16.7 Å². The van der Waals surface area contributed by atoms with Crippen molar-refractivity contribution >= 4 is 11.8 Å². The maximum Gasteiger partial charge on any atom is 0.0269 e. The first-order valence-corrected chi connectivity index (χ1v) is 10.1. The number of hydrogen-bond donors (Lipinski definition) is 0. The summed E-state index contributed by atoms with van der Waals surface area (Å²) in [7, 11) is 0. The molecule has 1 heterocycles. The van der Waals surface area contributed by atoms with Crippen molar-refractivity contribution in [2.75, 3.05) is 0 Å². The lowest BCUT2D eigenvalue weighted by Gasteiger charge is -2.48. The largest absolute Gasteiger partial charge is 0.147 e. The molecule has 4 rings (SSSR count). The van der Waals surface area contributed by atoms with E-state index in [4.69, 9.17) is 0 Å². The molecule has 1 aliphatic heterocycles. The molecule has 3 aliphatic carbocycles. The second-order valence-electron chi connectivity index (χ2n) is 8.68. The van der Waals surface area contributed by atoms with Crippen molar-refractivity contribution in [2.45, 2.75) is 75.7 Å². The summed E-state index contributed by atoms with van der Waals surface area (Å²) in [6, 6.07) is 0. The Kier molecular flexibility index (Phi) is 3.46. The molecule has 1 saturated heterocycles. The minimum absolute atomic E-state index is 0.354. The SMILES string of the molecule is CC12CCC=CC1C1=CC(C)(C3(C)C=CCCC3)CCC1S2. The fraction of sp³-hybridized carbons (Fsp3) is 0.714. The molecule has 1 fully saturated rings. The molecular weight excluding hydrogens is 284 g/mol. The Hall–Kier alpha value is -0.430.